The van der Waals surface area contributed by atoms with Gasteiger partial charge in [-0.1, -0.05) is 6.92 Å². The van der Waals surface area contributed by atoms with Crippen molar-refractivity contribution in [2.45, 2.75) is 26.3 Å². The maximum absolute atomic E-state index is 5.69. The van der Waals surface area contributed by atoms with E-state index in [9.17, 15) is 0 Å². The molecule has 3 heteroatoms. The van der Waals surface area contributed by atoms with E-state index in [1.807, 2.05) is 13.8 Å². The van der Waals surface area contributed by atoms with E-state index in [1.54, 1.807) is 6.26 Å². The van der Waals surface area contributed by atoms with Gasteiger partial charge in [-0.3, -0.25) is 0 Å². The lowest BCUT2D eigenvalue weighted by atomic mass is 10.2. The molecule has 0 aromatic carbocycles. The zero-order valence-corrected chi connectivity index (χ0v) is 6.29. The van der Waals surface area contributed by atoms with E-state index >= 15 is 0 Å². The van der Waals surface area contributed by atoms with Crippen LogP contribution in [0.1, 0.15) is 31.0 Å². The van der Waals surface area contributed by atoms with Gasteiger partial charge in [0.1, 0.15) is 6.26 Å². The molecule has 3 nitrogen and oxygen atoms in total. The third kappa shape index (κ3) is 1.36. The molecule has 1 aromatic heterocycles. The van der Waals surface area contributed by atoms with Crippen LogP contribution in [-0.4, -0.2) is 4.98 Å². The number of aromatic nitrogens is 1. The fraction of sp³-hybridized carbons (Fsp3) is 0.571. The van der Waals surface area contributed by atoms with Crippen LogP contribution in [0.15, 0.2) is 10.7 Å². The van der Waals surface area contributed by atoms with Crippen molar-refractivity contribution in [2.24, 2.45) is 5.73 Å². The Kier molecular flexibility index (Phi) is 2.06. The van der Waals surface area contributed by atoms with Crippen molar-refractivity contribution >= 4 is 0 Å². The monoisotopic (exact) mass is 140 g/mol. The maximum Gasteiger partial charge on any atom is 0.191 e. The largest absolute Gasteiger partial charge is 0.449 e. The maximum atomic E-state index is 5.69. The Morgan fingerprint density at radius 3 is 2.90 bits per heavy atom. The molecule has 0 aliphatic carbocycles. The highest BCUT2D eigenvalue weighted by molar-refractivity contribution is 5.00. The molecule has 0 aliphatic heterocycles. The summed E-state index contributed by atoms with van der Waals surface area (Å²) >= 11 is 0. The number of oxazole rings is 1. The van der Waals surface area contributed by atoms with Gasteiger partial charge in [0.2, 0.25) is 0 Å². The van der Waals surface area contributed by atoms with Crippen molar-refractivity contribution in [3.8, 4) is 0 Å². The zero-order chi connectivity index (χ0) is 7.56. The number of hydrogen-bond donors (Lipinski definition) is 1. The van der Waals surface area contributed by atoms with E-state index in [-0.39, 0.29) is 6.04 Å². The molecule has 0 saturated carbocycles. The molecule has 1 atom stereocenters. The number of aryl methyl sites for hydroxylation is 1. The highest BCUT2D eigenvalue weighted by atomic mass is 16.3. The van der Waals surface area contributed by atoms with Crippen LogP contribution < -0.4 is 5.73 Å². The highest BCUT2D eigenvalue weighted by Gasteiger charge is 2.06. The second kappa shape index (κ2) is 2.84. The summed E-state index contributed by atoms with van der Waals surface area (Å²) in [5, 5.41) is 0. The van der Waals surface area contributed by atoms with Crippen molar-refractivity contribution in [3.05, 3.63) is 17.8 Å². The highest BCUT2D eigenvalue weighted by Crippen LogP contribution is 2.11. The fourth-order valence-corrected chi connectivity index (χ4v) is 0.760. The average molecular weight is 140 g/mol. The lowest BCUT2D eigenvalue weighted by Crippen LogP contribution is -2.08. The summed E-state index contributed by atoms with van der Waals surface area (Å²) < 4.78 is 5.00. The summed E-state index contributed by atoms with van der Waals surface area (Å²) in [4.78, 5) is 4.09. The average Bonchev–Trinajstić information content (AvgIpc) is 2.34. The molecule has 0 spiro atoms. The first-order chi connectivity index (χ1) is 4.74. The second-order valence-corrected chi connectivity index (χ2v) is 2.31. The predicted octanol–water partition coefficient (Wildman–Crippen LogP) is 1.39. The van der Waals surface area contributed by atoms with E-state index in [4.69, 9.17) is 10.2 Å². The Morgan fingerprint density at radius 2 is 2.50 bits per heavy atom. The standard InChI is InChI=1S/C7H12N2O/c1-3-6(8)7-4-10-5(2)9-7/h4,6H,3,8H2,1-2H3/t6-/m1/s1. The molecule has 0 amide bonds. The van der Waals surface area contributed by atoms with Crippen LogP contribution >= 0.6 is 0 Å². The number of rotatable bonds is 2. The van der Waals surface area contributed by atoms with Gasteiger partial charge < -0.3 is 10.2 Å². The van der Waals surface area contributed by atoms with E-state index in [0.717, 1.165) is 12.1 Å². The van der Waals surface area contributed by atoms with Gasteiger partial charge in [-0.15, -0.1) is 0 Å². The van der Waals surface area contributed by atoms with E-state index in [0.29, 0.717) is 5.89 Å². The third-order valence-electron chi connectivity index (χ3n) is 1.46. The summed E-state index contributed by atoms with van der Waals surface area (Å²) in [5.74, 6) is 0.680. The van der Waals surface area contributed by atoms with Crippen LogP contribution in [0, 0.1) is 6.92 Å². The molecule has 0 aliphatic rings. The van der Waals surface area contributed by atoms with Gasteiger partial charge in [0, 0.05) is 6.92 Å². The first-order valence-corrected chi connectivity index (χ1v) is 3.41. The van der Waals surface area contributed by atoms with Crippen LogP contribution in [-0.2, 0) is 0 Å². The molecule has 0 bridgehead atoms. The molecule has 0 unspecified atom stereocenters. The lowest BCUT2D eigenvalue weighted by Gasteiger charge is -2.00. The van der Waals surface area contributed by atoms with E-state index in [1.165, 1.54) is 0 Å². The number of hydrogen-bond acceptors (Lipinski definition) is 3. The van der Waals surface area contributed by atoms with E-state index in [2.05, 4.69) is 4.98 Å². The van der Waals surface area contributed by atoms with Gasteiger partial charge in [0.05, 0.1) is 11.7 Å². The SMILES string of the molecule is CC[C@@H](N)c1coc(C)n1. The van der Waals surface area contributed by atoms with Gasteiger partial charge in [-0.05, 0) is 6.42 Å². The fourth-order valence-electron chi connectivity index (χ4n) is 0.760. The van der Waals surface area contributed by atoms with Gasteiger partial charge in [0.15, 0.2) is 5.89 Å². The van der Waals surface area contributed by atoms with E-state index < -0.39 is 0 Å². The smallest absolute Gasteiger partial charge is 0.191 e. The van der Waals surface area contributed by atoms with Crippen LogP contribution in [0.2, 0.25) is 0 Å². The molecule has 0 fully saturated rings. The third-order valence-corrected chi connectivity index (χ3v) is 1.46. The number of nitrogens with two attached hydrogens (primary N) is 1. The molecule has 10 heavy (non-hydrogen) atoms. The van der Waals surface area contributed by atoms with Crippen molar-refractivity contribution in [2.75, 3.05) is 0 Å². The first kappa shape index (κ1) is 7.28. The van der Waals surface area contributed by atoms with Crippen molar-refractivity contribution in [1.82, 2.24) is 4.98 Å². The molecule has 1 rings (SSSR count). The predicted molar refractivity (Wildman–Crippen MR) is 38.5 cm³/mol. The Hall–Kier alpha value is -0.830. The summed E-state index contributed by atoms with van der Waals surface area (Å²) in [6.07, 6.45) is 2.51. The van der Waals surface area contributed by atoms with Gasteiger partial charge >= 0.3 is 0 Å². The Labute approximate surface area is 60.2 Å². The molecule has 2 N–H and O–H groups in total. The number of nitrogens with zero attached hydrogens (tertiary/aromatic N) is 1. The first-order valence-electron chi connectivity index (χ1n) is 3.41. The quantitative estimate of drug-likeness (QED) is 0.675. The minimum atomic E-state index is 0.0254. The minimum Gasteiger partial charge on any atom is -0.449 e. The summed E-state index contributed by atoms with van der Waals surface area (Å²) in [6, 6.07) is 0.0254. The summed E-state index contributed by atoms with van der Waals surface area (Å²) in [5.41, 5.74) is 6.53. The van der Waals surface area contributed by atoms with Crippen LogP contribution in [0.4, 0.5) is 0 Å². The molecule has 1 heterocycles. The lowest BCUT2D eigenvalue weighted by molar-refractivity contribution is 0.519. The molecular weight excluding hydrogens is 128 g/mol. The molecular formula is C7H12N2O. The van der Waals surface area contributed by atoms with Crippen LogP contribution in [0.3, 0.4) is 0 Å². The van der Waals surface area contributed by atoms with Crippen LogP contribution in [0.5, 0.6) is 0 Å². The van der Waals surface area contributed by atoms with Crippen molar-refractivity contribution in [1.29, 1.82) is 0 Å². The van der Waals surface area contributed by atoms with Gasteiger partial charge in [-0.2, -0.15) is 0 Å². The van der Waals surface area contributed by atoms with Crippen molar-refractivity contribution in [3.63, 3.8) is 0 Å². The summed E-state index contributed by atoms with van der Waals surface area (Å²) in [7, 11) is 0. The van der Waals surface area contributed by atoms with Gasteiger partial charge in [-0.25, -0.2) is 4.98 Å². The summed E-state index contributed by atoms with van der Waals surface area (Å²) in [6.45, 7) is 3.83. The second-order valence-electron chi connectivity index (χ2n) is 2.31. The molecule has 1 aromatic rings. The van der Waals surface area contributed by atoms with Crippen LogP contribution in [0.25, 0.3) is 0 Å². The van der Waals surface area contributed by atoms with Gasteiger partial charge in [0.25, 0.3) is 0 Å². The minimum absolute atomic E-state index is 0.0254. The Morgan fingerprint density at radius 1 is 1.80 bits per heavy atom. The zero-order valence-electron chi connectivity index (χ0n) is 6.29. The topological polar surface area (TPSA) is 52.0 Å². The Balaban J connectivity index is 2.74. The Bertz CT molecular complexity index is 207. The normalized spacial score (nSPS) is 13.5. The molecule has 0 radical (unpaired) electrons. The molecule has 56 valence electrons. The van der Waals surface area contributed by atoms with Crippen molar-refractivity contribution < 1.29 is 4.42 Å². The molecule has 0 saturated heterocycles.